The topological polar surface area (TPSA) is 75.8 Å². The van der Waals surface area contributed by atoms with Gasteiger partial charge in [0.1, 0.15) is 11.8 Å². The van der Waals surface area contributed by atoms with Gasteiger partial charge < -0.3 is 20.5 Å². The van der Waals surface area contributed by atoms with Crippen LogP contribution in [-0.4, -0.2) is 37.8 Å². The summed E-state index contributed by atoms with van der Waals surface area (Å²) in [4.78, 5) is 13.3. The van der Waals surface area contributed by atoms with Crippen LogP contribution in [0.3, 0.4) is 0 Å². The first kappa shape index (κ1) is 14.5. The van der Waals surface area contributed by atoms with Crippen molar-refractivity contribution < 1.29 is 14.6 Å². The summed E-state index contributed by atoms with van der Waals surface area (Å²) in [7, 11) is 3.25. The lowest BCUT2D eigenvalue weighted by molar-refractivity contribution is -0.120. The van der Waals surface area contributed by atoms with Gasteiger partial charge in [-0.05, 0) is 30.2 Å². The number of methoxy groups -OCH3 is 1. The number of hydrogen-bond donors (Lipinski definition) is 2. The average molecular weight is 252 g/mol. The molecule has 0 heterocycles. The van der Waals surface area contributed by atoms with Crippen molar-refractivity contribution in [1.29, 1.82) is 0 Å². The van der Waals surface area contributed by atoms with E-state index in [-0.39, 0.29) is 12.5 Å². The second kappa shape index (κ2) is 6.37. The minimum Gasteiger partial charge on any atom is -0.496 e. The van der Waals surface area contributed by atoms with E-state index in [9.17, 15) is 4.79 Å². The number of amides is 1. The molecule has 100 valence electrons. The normalized spacial score (nSPS) is 12.1. The van der Waals surface area contributed by atoms with Crippen LogP contribution in [-0.2, 0) is 11.2 Å². The first-order valence-electron chi connectivity index (χ1n) is 5.86. The van der Waals surface area contributed by atoms with Crippen LogP contribution in [0.1, 0.15) is 12.5 Å². The lowest BCUT2D eigenvalue weighted by Crippen LogP contribution is -2.44. The van der Waals surface area contributed by atoms with E-state index in [0.29, 0.717) is 0 Å². The fourth-order valence-corrected chi connectivity index (χ4v) is 1.70. The number of hydrogen-bond acceptors (Lipinski definition) is 4. The molecule has 0 aromatic heterocycles. The molecule has 0 aliphatic heterocycles. The van der Waals surface area contributed by atoms with E-state index in [1.807, 2.05) is 19.1 Å². The van der Waals surface area contributed by atoms with Gasteiger partial charge in [0.05, 0.1) is 13.7 Å². The maximum Gasteiger partial charge on any atom is 0.246 e. The number of nitrogens with zero attached hydrogens (tertiary/aromatic N) is 1. The molecule has 18 heavy (non-hydrogen) atoms. The zero-order valence-electron chi connectivity index (χ0n) is 11.0. The van der Waals surface area contributed by atoms with Gasteiger partial charge in [0.25, 0.3) is 0 Å². The summed E-state index contributed by atoms with van der Waals surface area (Å²) in [5, 5.41) is 8.89. The molecule has 3 N–H and O–H groups in total. The van der Waals surface area contributed by atoms with Gasteiger partial charge in [-0.15, -0.1) is 0 Å². The van der Waals surface area contributed by atoms with Crippen LogP contribution >= 0.6 is 0 Å². The molecular weight excluding hydrogens is 232 g/mol. The standard InChI is InChI=1S/C13H20N2O3/c1-4-9-7-10(5-6-12(9)18-3)15(2)13(17)11(14)8-16/h5-7,11,16H,4,8,14H2,1-3H3. The zero-order chi connectivity index (χ0) is 13.7. The molecule has 5 heteroatoms. The summed E-state index contributed by atoms with van der Waals surface area (Å²) in [5.41, 5.74) is 7.27. The summed E-state index contributed by atoms with van der Waals surface area (Å²) in [6.45, 7) is 1.66. The predicted molar refractivity (Wildman–Crippen MR) is 70.8 cm³/mol. The van der Waals surface area contributed by atoms with Crippen LogP contribution in [0.5, 0.6) is 5.75 Å². The number of benzene rings is 1. The van der Waals surface area contributed by atoms with E-state index in [0.717, 1.165) is 23.4 Å². The Morgan fingerprint density at radius 2 is 2.22 bits per heavy atom. The van der Waals surface area contributed by atoms with Gasteiger partial charge in [-0.1, -0.05) is 6.92 Å². The molecule has 0 radical (unpaired) electrons. The number of likely N-dealkylation sites (N-methyl/N-ethyl adjacent to an activating group) is 1. The molecule has 1 atom stereocenters. The van der Waals surface area contributed by atoms with Crippen LogP contribution in [0, 0.1) is 0 Å². The molecule has 0 saturated carbocycles. The van der Waals surface area contributed by atoms with E-state index in [1.54, 1.807) is 20.2 Å². The molecule has 1 amide bonds. The summed E-state index contributed by atoms with van der Waals surface area (Å²) in [6.07, 6.45) is 0.811. The van der Waals surface area contributed by atoms with Gasteiger partial charge in [-0.25, -0.2) is 0 Å². The van der Waals surface area contributed by atoms with Gasteiger partial charge in [0, 0.05) is 12.7 Å². The number of aliphatic hydroxyl groups excluding tert-OH is 1. The van der Waals surface area contributed by atoms with Gasteiger partial charge in [-0.3, -0.25) is 4.79 Å². The van der Waals surface area contributed by atoms with Crippen LogP contribution in [0.2, 0.25) is 0 Å². The summed E-state index contributed by atoms with van der Waals surface area (Å²) >= 11 is 0. The number of ether oxygens (including phenoxy) is 1. The molecule has 0 saturated heterocycles. The van der Waals surface area contributed by atoms with Crippen molar-refractivity contribution >= 4 is 11.6 Å². The molecule has 1 aromatic rings. The minimum absolute atomic E-state index is 0.315. The Labute approximate surface area is 107 Å². The lowest BCUT2D eigenvalue weighted by atomic mass is 10.1. The fraction of sp³-hybridized carbons (Fsp3) is 0.462. The minimum atomic E-state index is -0.887. The molecule has 5 nitrogen and oxygen atoms in total. The Hall–Kier alpha value is -1.59. The number of aliphatic hydroxyl groups is 1. The number of carbonyl (C=O) groups excluding carboxylic acids is 1. The third-order valence-electron chi connectivity index (χ3n) is 2.88. The highest BCUT2D eigenvalue weighted by molar-refractivity contribution is 5.96. The highest BCUT2D eigenvalue weighted by Gasteiger charge is 2.19. The molecule has 0 aliphatic rings. The second-order valence-electron chi connectivity index (χ2n) is 4.04. The van der Waals surface area contributed by atoms with E-state index in [1.165, 1.54) is 4.90 Å². The molecule has 1 unspecified atom stereocenters. The number of nitrogens with two attached hydrogens (primary N) is 1. The molecule has 0 bridgehead atoms. The SMILES string of the molecule is CCc1cc(N(C)C(=O)C(N)CO)ccc1OC. The predicted octanol–water partition coefficient (Wildman–Crippen LogP) is 0.540. The summed E-state index contributed by atoms with van der Waals surface area (Å²) in [6, 6.07) is 4.62. The number of aryl methyl sites for hydroxylation is 1. The fourth-order valence-electron chi connectivity index (χ4n) is 1.70. The van der Waals surface area contributed by atoms with Gasteiger partial charge in [-0.2, -0.15) is 0 Å². The maximum atomic E-state index is 11.8. The Bertz CT molecular complexity index is 421. The first-order valence-corrected chi connectivity index (χ1v) is 5.86. The van der Waals surface area contributed by atoms with E-state index >= 15 is 0 Å². The first-order chi connectivity index (χ1) is 8.54. The van der Waals surface area contributed by atoms with E-state index in [4.69, 9.17) is 15.6 Å². The van der Waals surface area contributed by atoms with Gasteiger partial charge in [0.2, 0.25) is 5.91 Å². The largest absolute Gasteiger partial charge is 0.496 e. The summed E-state index contributed by atoms with van der Waals surface area (Å²) in [5.74, 6) is 0.485. The Morgan fingerprint density at radius 3 is 2.72 bits per heavy atom. The zero-order valence-corrected chi connectivity index (χ0v) is 11.0. The highest BCUT2D eigenvalue weighted by Crippen LogP contribution is 2.25. The van der Waals surface area contributed by atoms with Crippen LogP contribution < -0.4 is 15.4 Å². The van der Waals surface area contributed by atoms with Crippen molar-refractivity contribution in [2.24, 2.45) is 5.73 Å². The molecule has 0 fully saturated rings. The van der Waals surface area contributed by atoms with Gasteiger partial charge in [0.15, 0.2) is 0 Å². The maximum absolute atomic E-state index is 11.8. The van der Waals surface area contributed by atoms with Crippen LogP contribution in [0.4, 0.5) is 5.69 Å². The third kappa shape index (κ3) is 3.00. The van der Waals surface area contributed by atoms with Crippen molar-refractivity contribution in [2.75, 3.05) is 25.7 Å². The number of anilines is 1. The third-order valence-corrected chi connectivity index (χ3v) is 2.88. The van der Waals surface area contributed by atoms with Crippen LogP contribution in [0.25, 0.3) is 0 Å². The molecule has 1 aromatic carbocycles. The lowest BCUT2D eigenvalue weighted by Gasteiger charge is -2.21. The van der Waals surface area contributed by atoms with Crippen molar-refractivity contribution in [3.8, 4) is 5.75 Å². The monoisotopic (exact) mass is 252 g/mol. The molecule has 0 aliphatic carbocycles. The quantitative estimate of drug-likeness (QED) is 0.802. The van der Waals surface area contributed by atoms with Crippen molar-refractivity contribution in [1.82, 2.24) is 0 Å². The number of carbonyl (C=O) groups is 1. The van der Waals surface area contributed by atoms with E-state index < -0.39 is 6.04 Å². The Morgan fingerprint density at radius 1 is 1.56 bits per heavy atom. The molecule has 0 spiro atoms. The van der Waals surface area contributed by atoms with Crippen molar-refractivity contribution in [2.45, 2.75) is 19.4 Å². The van der Waals surface area contributed by atoms with Gasteiger partial charge >= 0.3 is 0 Å². The average Bonchev–Trinajstić information content (AvgIpc) is 2.43. The number of rotatable bonds is 5. The second-order valence-corrected chi connectivity index (χ2v) is 4.04. The molecular formula is C13H20N2O3. The Kier molecular flexibility index (Phi) is 5.12. The molecule has 1 rings (SSSR count). The highest BCUT2D eigenvalue weighted by atomic mass is 16.5. The van der Waals surface area contributed by atoms with E-state index in [2.05, 4.69) is 0 Å². The smallest absolute Gasteiger partial charge is 0.246 e. The van der Waals surface area contributed by atoms with Crippen LogP contribution in [0.15, 0.2) is 18.2 Å². The van der Waals surface area contributed by atoms with Crippen molar-refractivity contribution in [3.63, 3.8) is 0 Å². The Balaban J connectivity index is 2.99. The summed E-state index contributed by atoms with van der Waals surface area (Å²) < 4.78 is 5.23. The van der Waals surface area contributed by atoms with Crippen molar-refractivity contribution in [3.05, 3.63) is 23.8 Å².